The fraction of sp³-hybridized carbons (Fsp3) is 0.129. The number of ether oxygens (including phenoxy) is 2. The molecule has 0 spiro atoms. The highest BCUT2D eigenvalue weighted by molar-refractivity contribution is 7.07. The summed E-state index contributed by atoms with van der Waals surface area (Å²) in [5.74, 6) is 0.944. The summed E-state index contributed by atoms with van der Waals surface area (Å²) in [6.07, 6.45) is 3.47. The largest absolute Gasteiger partial charge is 0.497 e. The summed E-state index contributed by atoms with van der Waals surface area (Å²) in [5, 5.41) is 2.96. The van der Waals surface area contributed by atoms with E-state index in [1.165, 1.54) is 11.3 Å². The van der Waals surface area contributed by atoms with Gasteiger partial charge in [0.1, 0.15) is 18.1 Å². The SMILES string of the molecule is C=CCOc1ccccc1/C=c1/sc2n(c1=O)C(c1cccc(OC)c1)C(C(=O)Nc1ccccc1)=C(C)N=2. The van der Waals surface area contributed by atoms with E-state index >= 15 is 0 Å². The van der Waals surface area contributed by atoms with E-state index in [1.807, 2.05) is 78.9 Å². The number of methoxy groups -OCH3 is 1. The van der Waals surface area contributed by atoms with E-state index in [4.69, 9.17) is 14.5 Å². The molecule has 0 radical (unpaired) electrons. The Hall–Kier alpha value is -4.69. The summed E-state index contributed by atoms with van der Waals surface area (Å²) >= 11 is 1.27. The van der Waals surface area contributed by atoms with E-state index in [9.17, 15) is 9.59 Å². The van der Waals surface area contributed by atoms with E-state index in [1.54, 1.807) is 30.8 Å². The van der Waals surface area contributed by atoms with Gasteiger partial charge in [-0.2, -0.15) is 0 Å². The molecule has 1 atom stereocenters. The fourth-order valence-corrected chi connectivity index (χ4v) is 5.52. The van der Waals surface area contributed by atoms with Crippen molar-refractivity contribution in [1.29, 1.82) is 0 Å². The molecular formula is C31H27N3O4S. The van der Waals surface area contributed by atoms with Crippen LogP contribution in [0.5, 0.6) is 11.5 Å². The highest BCUT2D eigenvalue weighted by Gasteiger charge is 2.32. The van der Waals surface area contributed by atoms with E-state index in [0.717, 1.165) is 11.1 Å². The number of allylic oxidation sites excluding steroid dienone is 1. The minimum Gasteiger partial charge on any atom is -0.497 e. The molecule has 0 fully saturated rings. The summed E-state index contributed by atoms with van der Waals surface area (Å²) in [5.41, 5.74) is 2.84. The number of nitrogens with zero attached hydrogens (tertiary/aromatic N) is 2. The Morgan fingerprint density at radius 3 is 2.64 bits per heavy atom. The third kappa shape index (κ3) is 5.32. The first-order chi connectivity index (χ1) is 19.0. The van der Waals surface area contributed by atoms with Crippen LogP contribution in [0, 0.1) is 0 Å². The highest BCUT2D eigenvalue weighted by Crippen LogP contribution is 2.32. The van der Waals surface area contributed by atoms with Gasteiger partial charge in [-0.25, -0.2) is 4.99 Å². The van der Waals surface area contributed by atoms with Crippen molar-refractivity contribution in [3.05, 3.63) is 134 Å². The lowest BCUT2D eigenvalue weighted by atomic mass is 9.95. The summed E-state index contributed by atoms with van der Waals surface area (Å²) in [7, 11) is 1.58. The average Bonchev–Trinajstić information content (AvgIpc) is 3.26. The number of nitrogens with one attached hydrogen (secondary N) is 1. The van der Waals surface area contributed by atoms with Crippen LogP contribution in [0.15, 0.2) is 113 Å². The number of benzene rings is 3. The summed E-state index contributed by atoms with van der Waals surface area (Å²) < 4.78 is 13.3. The predicted octanol–water partition coefficient (Wildman–Crippen LogP) is 4.45. The van der Waals surface area contributed by atoms with Crippen LogP contribution in [-0.4, -0.2) is 24.2 Å². The molecule has 4 aromatic rings. The van der Waals surface area contributed by atoms with Gasteiger partial charge in [0, 0.05) is 11.3 Å². The zero-order valence-electron chi connectivity index (χ0n) is 21.6. The summed E-state index contributed by atoms with van der Waals surface area (Å²) in [4.78, 5) is 32.8. The molecule has 1 aromatic heterocycles. The van der Waals surface area contributed by atoms with E-state index in [0.29, 0.717) is 44.4 Å². The number of amides is 1. The number of carbonyl (C=O) groups excluding carboxylic acids is 1. The lowest BCUT2D eigenvalue weighted by Crippen LogP contribution is -2.40. The third-order valence-corrected chi connectivity index (χ3v) is 7.25. The molecule has 2 heterocycles. The zero-order chi connectivity index (χ0) is 27.4. The van der Waals surface area contributed by atoms with Crippen LogP contribution < -0.4 is 29.7 Å². The maximum atomic E-state index is 14.0. The monoisotopic (exact) mass is 537 g/mol. The van der Waals surface area contributed by atoms with Gasteiger partial charge >= 0.3 is 0 Å². The number of hydrogen-bond acceptors (Lipinski definition) is 6. The molecule has 1 N–H and O–H groups in total. The van der Waals surface area contributed by atoms with Crippen molar-refractivity contribution in [3.63, 3.8) is 0 Å². The van der Waals surface area contributed by atoms with Crippen molar-refractivity contribution in [2.45, 2.75) is 13.0 Å². The number of aromatic nitrogens is 1. The minimum absolute atomic E-state index is 0.248. The maximum Gasteiger partial charge on any atom is 0.271 e. The number of rotatable bonds is 8. The Labute approximate surface area is 229 Å². The molecule has 3 aromatic carbocycles. The van der Waals surface area contributed by atoms with Gasteiger partial charge in [0.15, 0.2) is 4.80 Å². The minimum atomic E-state index is -0.700. The second-order valence-electron chi connectivity index (χ2n) is 8.82. The molecule has 0 aliphatic carbocycles. The van der Waals surface area contributed by atoms with E-state index in [-0.39, 0.29) is 11.5 Å². The molecule has 5 rings (SSSR count). The maximum absolute atomic E-state index is 14.0. The topological polar surface area (TPSA) is 81.9 Å². The van der Waals surface area contributed by atoms with Crippen LogP contribution in [0.3, 0.4) is 0 Å². The Morgan fingerprint density at radius 1 is 1.10 bits per heavy atom. The molecule has 1 aliphatic heterocycles. The third-order valence-electron chi connectivity index (χ3n) is 6.27. The lowest BCUT2D eigenvalue weighted by molar-refractivity contribution is -0.113. The lowest BCUT2D eigenvalue weighted by Gasteiger charge is -2.25. The molecule has 8 heteroatoms. The van der Waals surface area contributed by atoms with Crippen molar-refractivity contribution in [1.82, 2.24) is 4.57 Å². The Bertz CT molecular complexity index is 1750. The Morgan fingerprint density at radius 2 is 1.87 bits per heavy atom. The van der Waals surface area contributed by atoms with Crippen molar-refractivity contribution in [3.8, 4) is 11.5 Å². The van der Waals surface area contributed by atoms with Crippen LogP contribution >= 0.6 is 11.3 Å². The molecule has 196 valence electrons. The number of carbonyl (C=O) groups is 1. The van der Waals surface area contributed by atoms with Crippen molar-refractivity contribution in [2.75, 3.05) is 19.0 Å². The highest BCUT2D eigenvalue weighted by atomic mass is 32.1. The van der Waals surface area contributed by atoms with Gasteiger partial charge in [-0.05, 0) is 48.9 Å². The van der Waals surface area contributed by atoms with Crippen LogP contribution in [0.2, 0.25) is 0 Å². The number of para-hydroxylation sites is 2. The number of anilines is 1. The van der Waals surface area contributed by atoms with E-state index in [2.05, 4.69) is 11.9 Å². The molecule has 0 saturated heterocycles. The zero-order valence-corrected chi connectivity index (χ0v) is 22.4. The normalized spacial score (nSPS) is 14.8. The standard InChI is InChI=1S/C31H27N3O4S/c1-4-17-38-25-16-9-8-11-21(25)19-26-30(36)34-28(22-12-10-15-24(18-22)37-3)27(20(2)32-31(34)39-26)29(35)33-23-13-6-5-7-14-23/h4-16,18-19,28H,1,17H2,2-3H3,(H,33,35)/b26-19+. The smallest absolute Gasteiger partial charge is 0.271 e. The molecule has 1 amide bonds. The number of hydrogen-bond donors (Lipinski definition) is 1. The first kappa shape index (κ1) is 25.9. The van der Waals surface area contributed by atoms with Crippen LogP contribution in [-0.2, 0) is 4.79 Å². The second kappa shape index (κ2) is 11.4. The predicted molar refractivity (Wildman–Crippen MR) is 154 cm³/mol. The molecule has 1 unspecified atom stereocenters. The van der Waals surface area contributed by atoms with E-state index < -0.39 is 6.04 Å². The Kier molecular flexibility index (Phi) is 7.56. The summed E-state index contributed by atoms with van der Waals surface area (Å²) in [6, 6.07) is 23.4. The van der Waals surface area contributed by atoms with Crippen LogP contribution in [0.4, 0.5) is 5.69 Å². The number of fused-ring (bicyclic) bond motifs is 1. The summed E-state index contributed by atoms with van der Waals surface area (Å²) in [6.45, 7) is 5.85. The van der Waals surface area contributed by atoms with Gasteiger partial charge in [-0.15, -0.1) is 0 Å². The van der Waals surface area contributed by atoms with Gasteiger partial charge in [0.2, 0.25) is 0 Å². The molecule has 0 bridgehead atoms. The van der Waals surface area contributed by atoms with Crippen LogP contribution in [0.1, 0.15) is 24.1 Å². The van der Waals surface area contributed by atoms with Gasteiger partial charge in [-0.1, -0.05) is 72.5 Å². The molecule has 0 saturated carbocycles. The van der Waals surface area contributed by atoms with Gasteiger partial charge in [-0.3, -0.25) is 14.2 Å². The first-order valence-corrected chi connectivity index (χ1v) is 13.2. The molecule has 7 nitrogen and oxygen atoms in total. The Balaban J connectivity index is 1.67. The first-order valence-electron chi connectivity index (χ1n) is 12.4. The second-order valence-corrected chi connectivity index (χ2v) is 9.83. The molecular weight excluding hydrogens is 510 g/mol. The quantitative estimate of drug-likeness (QED) is 0.337. The average molecular weight is 538 g/mol. The van der Waals surface area contributed by atoms with Crippen molar-refractivity contribution < 1.29 is 14.3 Å². The van der Waals surface area contributed by atoms with Gasteiger partial charge in [0.25, 0.3) is 11.5 Å². The van der Waals surface area contributed by atoms with Gasteiger partial charge in [0.05, 0.1) is 29.0 Å². The number of thiazole rings is 1. The molecule has 39 heavy (non-hydrogen) atoms. The van der Waals surface area contributed by atoms with Gasteiger partial charge < -0.3 is 14.8 Å². The fourth-order valence-electron chi connectivity index (χ4n) is 4.48. The van der Waals surface area contributed by atoms with Crippen molar-refractivity contribution in [2.24, 2.45) is 4.99 Å². The molecule has 1 aliphatic rings. The van der Waals surface area contributed by atoms with Crippen LogP contribution in [0.25, 0.3) is 6.08 Å². The van der Waals surface area contributed by atoms with Crippen molar-refractivity contribution >= 4 is 29.0 Å².